The Hall–Kier alpha value is -0.900. The van der Waals surface area contributed by atoms with E-state index in [0.29, 0.717) is 6.04 Å². The molecule has 4 nitrogen and oxygen atoms in total. The van der Waals surface area contributed by atoms with Crippen LogP contribution in [-0.2, 0) is 0 Å². The van der Waals surface area contributed by atoms with Crippen molar-refractivity contribution in [3.63, 3.8) is 0 Å². The first-order valence-corrected chi connectivity index (χ1v) is 4.92. The molecule has 1 aromatic rings. The van der Waals surface area contributed by atoms with Gasteiger partial charge in [0.1, 0.15) is 12.2 Å². The summed E-state index contributed by atoms with van der Waals surface area (Å²) in [4.78, 5) is 4.16. The predicted molar refractivity (Wildman–Crippen MR) is 50.1 cm³/mol. The van der Waals surface area contributed by atoms with Crippen molar-refractivity contribution < 1.29 is 0 Å². The van der Waals surface area contributed by atoms with Gasteiger partial charge in [-0.05, 0) is 25.8 Å². The van der Waals surface area contributed by atoms with Gasteiger partial charge in [-0.1, -0.05) is 12.8 Å². The van der Waals surface area contributed by atoms with Crippen LogP contribution >= 0.6 is 0 Å². The maximum Gasteiger partial charge on any atom is 0.141 e. The van der Waals surface area contributed by atoms with Crippen LogP contribution in [0.15, 0.2) is 6.33 Å². The summed E-state index contributed by atoms with van der Waals surface area (Å²) < 4.78 is 0. The van der Waals surface area contributed by atoms with Crippen molar-refractivity contribution in [2.75, 3.05) is 7.05 Å². The largest absolute Gasteiger partial charge is 0.310 e. The molecule has 1 aliphatic carbocycles. The molecule has 0 amide bonds. The highest BCUT2D eigenvalue weighted by Gasteiger charge is 2.23. The van der Waals surface area contributed by atoms with Gasteiger partial charge in [0, 0.05) is 0 Å². The van der Waals surface area contributed by atoms with Gasteiger partial charge in [0.05, 0.1) is 6.04 Å². The van der Waals surface area contributed by atoms with Crippen LogP contribution < -0.4 is 5.32 Å². The van der Waals surface area contributed by atoms with Gasteiger partial charge < -0.3 is 5.32 Å². The topological polar surface area (TPSA) is 53.6 Å². The van der Waals surface area contributed by atoms with Crippen LogP contribution in [0.25, 0.3) is 0 Å². The van der Waals surface area contributed by atoms with Gasteiger partial charge in [-0.3, -0.25) is 5.10 Å². The van der Waals surface area contributed by atoms with E-state index in [1.165, 1.54) is 19.3 Å². The van der Waals surface area contributed by atoms with Gasteiger partial charge in [0.25, 0.3) is 0 Å². The summed E-state index contributed by atoms with van der Waals surface area (Å²) >= 11 is 0. The molecule has 1 aromatic heterocycles. The second-order valence-electron chi connectivity index (χ2n) is 3.73. The summed E-state index contributed by atoms with van der Waals surface area (Å²) in [5.74, 6) is 1.95. The van der Waals surface area contributed by atoms with Gasteiger partial charge in [0.15, 0.2) is 0 Å². The highest BCUT2D eigenvalue weighted by molar-refractivity contribution is 4.91. The van der Waals surface area contributed by atoms with Crippen LogP contribution in [0.1, 0.15) is 37.5 Å². The molecule has 0 aliphatic heterocycles. The van der Waals surface area contributed by atoms with Crippen LogP contribution in [0.3, 0.4) is 0 Å². The van der Waals surface area contributed by atoms with Gasteiger partial charge in [-0.15, -0.1) is 0 Å². The lowest BCUT2D eigenvalue weighted by Crippen LogP contribution is -2.17. The van der Waals surface area contributed by atoms with Crippen LogP contribution in [0.2, 0.25) is 0 Å². The molecule has 2 rings (SSSR count). The zero-order chi connectivity index (χ0) is 9.10. The fourth-order valence-corrected chi connectivity index (χ4v) is 1.61. The molecule has 0 saturated heterocycles. The minimum atomic E-state index is 0.350. The molecule has 0 radical (unpaired) electrons. The van der Waals surface area contributed by atoms with Crippen molar-refractivity contribution in [2.24, 2.45) is 5.92 Å². The monoisotopic (exact) mass is 180 g/mol. The Morgan fingerprint density at radius 1 is 1.69 bits per heavy atom. The third kappa shape index (κ3) is 2.28. The number of nitrogens with zero attached hydrogens (tertiary/aromatic N) is 2. The molecular weight excluding hydrogens is 164 g/mol. The van der Waals surface area contributed by atoms with E-state index in [1.807, 2.05) is 7.05 Å². The summed E-state index contributed by atoms with van der Waals surface area (Å²) in [7, 11) is 1.97. The van der Waals surface area contributed by atoms with Gasteiger partial charge in [0.2, 0.25) is 0 Å². The zero-order valence-electron chi connectivity index (χ0n) is 7.95. The number of H-pyrrole nitrogens is 1. The van der Waals surface area contributed by atoms with E-state index in [4.69, 9.17) is 0 Å². The Labute approximate surface area is 78.1 Å². The van der Waals surface area contributed by atoms with E-state index in [9.17, 15) is 0 Å². The third-order valence-electron chi connectivity index (χ3n) is 2.67. The van der Waals surface area contributed by atoms with Gasteiger partial charge in [-0.2, -0.15) is 5.10 Å². The summed E-state index contributed by atoms with van der Waals surface area (Å²) in [5, 5.41) is 10.0. The zero-order valence-corrected chi connectivity index (χ0v) is 7.95. The van der Waals surface area contributed by atoms with Gasteiger partial charge >= 0.3 is 0 Å². The Kier molecular flexibility index (Phi) is 2.59. The molecule has 1 fully saturated rings. The average molecular weight is 180 g/mol. The highest BCUT2D eigenvalue weighted by Crippen LogP contribution is 2.35. The van der Waals surface area contributed by atoms with E-state index in [0.717, 1.165) is 18.2 Å². The second kappa shape index (κ2) is 3.87. The first-order valence-electron chi connectivity index (χ1n) is 4.92. The standard InChI is InChI=1S/C9H16N4/c1-10-8(5-4-7-2-3-7)9-11-6-12-13-9/h6-8,10H,2-5H2,1H3,(H,11,12,13). The lowest BCUT2D eigenvalue weighted by Gasteiger charge is -2.11. The molecule has 13 heavy (non-hydrogen) atoms. The molecule has 72 valence electrons. The number of aromatic amines is 1. The smallest absolute Gasteiger partial charge is 0.141 e. The molecule has 1 heterocycles. The van der Waals surface area contributed by atoms with Crippen molar-refractivity contribution >= 4 is 0 Å². The summed E-state index contributed by atoms with van der Waals surface area (Å²) in [6.07, 6.45) is 6.89. The molecule has 1 aliphatic rings. The van der Waals surface area contributed by atoms with E-state index in [-0.39, 0.29) is 0 Å². The molecule has 1 unspecified atom stereocenters. The van der Waals surface area contributed by atoms with E-state index in [2.05, 4.69) is 20.5 Å². The molecule has 1 atom stereocenters. The minimum Gasteiger partial charge on any atom is -0.310 e. The van der Waals surface area contributed by atoms with Crippen molar-refractivity contribution in [1.29, 1.82) is 0 Å². The predicted octanol–water partition coefficient (Wildman–Crippen LogP) is 1.26. The van der Waals surface area contributed by atoms with Crippen LogP contribution in [0, 0.1) is 5.92 Å². The summed E-state index contributed by atoms with van der Waals surface area (Å²) in [6, 6.07) is 0.350. The van der Waals surface area contributed by atoms with Crippen molar-refractivity contribution in [3.05, 3.63) is 12.2 Å². The maximum atomic E-state index is 4.16. The van der Waals surface area contributed by atoms with Crippen molar-refractivity contribution in [1.82, 2.24) is 20.5 Å². The first kappa shape index (κ1) is 8.69. The maximum absolute atomic E-state index is 4.16. The molecule has 0 aromatic carbocycles. The number of rotatable bonds is 5. The normalized spacial score (nSPS) is 18.8. The summed E-state index contributed by atoms with van der Waals surface area (Å²) in [5.41, 5.74) is 0. The number of nitrogens with one attached hydrogen (secondary N) is 2. The SMILES string of the molecule is CNC(CCC1CC1)c1ncn[nH]1. The number of hydrogen-bond donors (Lipinski definition) is 2. The third-order valence-corrected chi connectivity index (χ3v) is 2.67. The lowest BCUT2D eigenvalue weighted by molar-refractivity contribution is 0.486. The fourth-order valence-electron chi connectivity index (χ4n) is 1.61. The van der Waals surface area contributed by atoms with Gasteiger partial charge in [-0.25, -0.2) is 4.98 Å². The Bertz CT molecular complexity index is 240. The van der Waals surface area contributed by atoms with Crippen LogP contribution in [0.5, 0.6) is 0 Å². The lowest BCUT2D eigenvalue weighted by atomic mass is 10.1. The van der Waals surface area contributed by atoms with E-state index in [1.54, 1.807) is 6.33 Å². The molecule has 0 bridgehead atoms. The Balaban J connectivity index is 1.85. The first-order chi connectivity index (χ1) is 6.40. The van der Waals surface area contributed by atoms with Crippen LogP contribution in [0.4, 0.5) is 0 Å². The Morgan fingerprint density at radius 3 is 3.08 bits per heavy atom. The fraction of sp³-hybridized carbons (Fsp3) is 0.778. The minimum absolute atomic E-state index is 0.350. The van der Waals surface area contributed by atoms with E-state index < -0.39 is 0 Å². The molecule has 1 saturated carbocycles. The summed E-state index contributed by atoms with van der Waals surface area (Å²) in [6.45, 7) is 0. The average Bonchev–Trinajstić information content (AvgIpc) is 2.81. The molecule has 0 spiro atoms. The second-order valence-corrected chi connectivity index (χ2v) is 3.73. The molecular formula is C9H16N4. The number of hydrogen-bond acceptors (Lipinski definition) is 3. The van der Waals surface area contributed by atoms with Crippen LogP contribution in [-0.4, -0.2) is 22.2 Å². The van der Waals surface area contributed by atoms with Crippen molar-refractivity contribution in [2.45, 2.75) is 31.7 Å². The quantitative estimate of drug-likeness (QED) is 0.717. The van der Waals surface area contributed by atoms with E-state index >= 15 is 0 Å². The molecule has 2 N–H and O–H groups in total. The van der Waals surface area contributed by atoms with Crippen molar-refractivity contribution in [3.8, 4) is 0 Å². The Morgan fingerprint density at radius 2 is 2.54 bits per heavy atom. The molecule has 4 heteroatoms. The number of aromatic nitrogens is 3. The highest BCUT2D eigenvalue weighted by atomic mass is 15.2.